The van der Waals surface area contributed by atoms with Crippen molar-refractivity contribution in [1.82, 2.24) is 5.32 Å². The van der Waals surface area contributed by atoms with Gasteiger partial charge in [-0.1, -0.05) is 30.3 Å². The number of nitrogens with zero attached hydrogens (tertiary/aromatic N) is 1. The van der Waals surface area contributed by atoms with E-state index in [-0.39, 0.29) is 11.3 Å². The summed E-state index contributed by atoms with van der Waals surface area (Å²) in [6, 6.07) is 19.7. The molecule has 0 saturated carbocycles. The summed E-state index contributed by atoms with van der Waals surface area (Å²) in [6.45, 7) is 0. The molecular weight excluding hydrogens is 446 g/mol. The number of methoxy groups -OCH3 is 3. The van der Waals surface area contributed by atoms with Crippen LogP contribution in [-0.2, 0) is 4.79 Å². The Hall–Kier alpha value is -4.46. The van der Waals surface area contributed by atoms with Gasteiger partial charge in [0.1, 0.15) is 5.70 Å². The number of carbonyl (C=O) groups excluding carboxylic acids is 2. The molecule has 8 nitrogen and oxygen atoms in total. The van der Waals surface area contributed by atoms with Crippen LogP contribution in [-0.4, -0.2) is 47.2 Å². The highest BCUT2D eigenvalue weighted by atomic mass is 16.5. The number of benzene rings is 3. The molecule has 2 amide bonds. The SMILES string of the molecule is COc1cc(C(=O)N/C(=C/c2ccc(N(C)C)cc2)C(=O)Nc2ccccc2)cc(OC)c1OC. The van der Waals surface area contributed by atoms with Crippen LogP contribution in [0.4, 0.5) is 11.4 Å². The minimum atomic E-state index is -0.511. The van der Waals surface area contributed by atoms with Crippen LogP contribution in [0, 0.1) is 0 Å². The van der Waals surface area contributed by atoms with Crippen LogP contribution in [0.15, 0.2) is 72.4 Å². The predicted octanol–water partition coefficient (Wildman–Crippen LogP) is 4.19. The average molecular weight is 476 g/mol. The van der Waals surface area contributed by atoms with Gasteiger partial charge in [0.2, 0.25) is 5.75 Å². The van der Waals surface area contributed by atoms with Gasteiger partial charge in [0, 0.05) is 31.0 Å². The molecule has 0 saturated heterocycles. The number of ether oxygens (including phenoxy) is 3. The first kappa shape index (κ1) is 25.2. The summed E-state index contributed by atoms with van der Waals surface area (Å²) in [5.41, 5.74) is 2.68. The lowest BCUT2D eigenvalue weighted by Gasteiger charge is -2.15. The summed E-state index contributed by atoms with van der Waals surface area (Å²) in [6.07, 6.45) is 1.62. The Labute approximate surface area is 205 Å². The molecular formula is C27H29N3O5. The second-order valence-corrected chi connectivity index (χ2v) is 7.73. The fourth-order valence-electron chi connectivity index (χ4n) is 3.32. The molecule has 0 aliphatic heterocycles. The van der Waals surface area contributed by atoms with Crippen molar-refractivity contribution in [3.05, 3.63) is 83.6 Å². The van der Waals surface area contributed by atoms with Crippen molar-refractivity contribution in [2.24, 2.45) is 0 Å². The van der Waals surface area contributed by atoms with Crippen LogP contribution in [0.25, 0.3) is 6.08 Å². The summed E-state index contributed by atoms with van der Waals surface area (Å²) >= 11 is 0. The van der Waals surface area contributed by atoms with Crippen molar-refractivity contribution in [3.8, 4) is 17.2 Å². The third-order valence-corrected chi connectivity index (χ3v) is 5.17. The Kier molecular flexibility index (Phi) is 8.34. The molecule has 8 heteroatoms. The maximum Gasteiger partial charge on any atom is 0.272 e. The standard InChI is InChI=1S/C27H29N3O5/c1-30(2)21-13-11-18(12-14-21)15-22(27(32)28-20-9-7-6-8-10-20)29-26(31)19-16-23(33-3)25(35-5)24(17-19)34-4/h6-17H,1-5H3,(H,28,32)(H,29,31)/b22-15+. The van der Waals surface area contributed by atoms with Crippen molar-refractivity contribution in [2.45, 2.75) is 0 Å². The Balaban J connectivity index is 1.95. The van der Waals surface area contributed by atoms with Crippen LogP contribution in [0.5, 0.6) is 17.2 Å². The fourth-order valence-corrected chi connectivity index (χ4v) is 3.32. The number of hydrogen-bond acceptors (Lipinski definition) is 6. The van der Waals surface area contributed by atoms with Gasteiger partial charge in [0.05, 0.1) is 21.3 Å². The number of amides is 2. The quantitative estimate of drug-likeness (QED) is 0.451. The Bertz CT molecular complexity index is 1180. The predicted molar refractivity (Wildman–Crippen MR) is 137 cm³/mol. The van der Waals surface area contributed by atoms with Crippen molar-refractivity contribution >= 4 is 29.3 Å². The molecule has 182 valence electrons. The van der Waals surface area contributed by atoms with Gasteiger partial charge in [0.15, 0.2) is 11.5 Å². The summed E-state index contributed by atoms with van der Waals surface area (Å²) in [5.74, 6) is 0.0495. The van der Waals surface area contributed by atoms with E-state index in [0.717, 1.165) is 11.3 Å². The van der Waals surface area contributed by atoms with Crippen LogP contribution in [0.2, 0.25) is 0 Å². The van der Waals surface area contributed by atoms with E-state index in [1.165, 1.54) is 33.5 Å². The maximum absolute atomic E-state index is 13.2. The van der Waals surface area contributed by atoms with E-state index in [9.17, 15) is 9.59 Å². The first-order valence-electron chi connectivity index (χ1n) is 10.8. The van der Waals surface area contributed by atoms with Gasteiger partial charge in [-0.05, 0) is 48.0 Å². The third-order valence-electron chi connectivity index (χ3n) is 5.17. The number of nitrogens with one attached hydrogen (secondary N) is 2. The Morgan fingerprint density at radius 3 is 1.94 bits per heavy atom. The van der Waals surface area contributed by atoms with Crippen molar-refractivity contribution in [1.29, 1.82) is 0 Å². The second kappa shape index (κ2) is 11.6. The lowest BCUT2D eigenvalue weighted by atomic mass is 10.1. The summed E-state index contributed by atoms with van der Waals surface area (Å²) in [7, 11) is 8.31. The highest BCUT2D eigenvalue weighted by molar-refractivity contribution is 6.10. The first-order chi connectivity index (χ1) is 16.9. The molecule has 3 aromatic carbocycles. The largest absolute Gasteiger partial charge is 0.493 e. The molecule has 0 aliphatic carbocycles. The van der Waals surface area contributed by atoms with Gasteiger partial charge in [-0.25, -0.2) is 0 Å². The van der Waals surface area contributed by atoms with E-state index in [1.807, 2.05) is 61.5 Å². The van der Waals surface area contributed by atoms with Crippen LogP contribution < -0.4 is 29.7 Å². The monoisotopic (exact) mass is 475 g/mol. The smallest absolute Gasteiger partial charge is 0.272 e. The average Bonchev–Trinajstić information content (AvgIpc) is 2.88. The molecule has 0 atom stereocenters. The van der Waals surface area contributed by atoms with Gasteiger partial charge >= 0.3 is 0 Å². The summed E-state index contributed by atoms with van der Waals surface area (Å²) in [5, 5.41) is 5.54. The first-order valence-corrected chi connectivity index (χ1v) is 10.8. The summed E-state index contributed by atoms with van der Waals surface area (Å²) < 4.78 is 16.0. The highest BCUT2D eigenvalue weighted by Gasteiger charge is 2.20. The van der Waals surface area contributed by atoms with Gasteiger partial charge in [-0.15, -0.1) is 0 Å². The molecule has 0 unspecified atom stereocenters. The number of hydrogen-bond donors (Lipinski definition) is 2. The molecule has 0 aromatic heterocycles. The maximum atomic E-state index is 13.2. The molecule has 0 aliphatic rings. The fraction of sp³-hybridized carbons (Fsp3) is 0.185. The second-order valence-electron chi connectivity index (χ2n) is 7.73. The van der Waals surface area contributed by atoms with Crippen LogP contribution in [0.1, 0.15) is 15.9 Å². The van der Waals surface area contributed by atoms with Crippen molar-refractivity contribution in [3.63, 3.8) is 0 Å². The Morgan fingerprint density at radius 1 is 0.829 bits per heavy atom. The molecule has 0 bridgehead atoms. The van der Waals surface area contributed by atoms with Crippen molar-refractivity contribution in [2.75, 3.05) is 45.6 Å². The van der Waals surface area contributed by atoms with E-state index in [2.05, 4.69) is 10.6 Å². The number of anilines is 2. The van der Waals surface area contributed by atoms with E-state index in [4.69, 9.17) is 14.2 Å². The van der Waals surface area contributed by atoms with Gasteiger partial charge in [-0.3, -0.25) is 9.59 Å². The molecule has 0 radical (unpaired) electrons. The van der Waals surface area contributed by atoms with E-state index < -0.39 is 11.8 Å². The zero-order valence-electron chi connectivity index (χ0n) is 20.4. The molecule has 0 spiro atoms. The molecule has 3 aromatic rings. The topological polar surface area (TPSA) is 89.1 Å². The number of para-hydroxylation sites is 1. The number of carbonyl (C=O) groups is 2. The molecule has 35 heavy (non-hydrogen) atoms. The minimum absolute atomic E-state index is 0.0743. The zero-order chi connectivity index (χ0) is 25.4. The van der Waals surface area contributed by atoms with E-state index >= 15 is 0 Å². The van der Waals surface area contributed by atoms with Gasteiger partial charge in [0.25, 0.3) is 11.8 Å². The molecule has 2 N–H and O–H groups in total. The van der Waals surface area contributed by atoms with Crippen molar-refractivity contribution < 1.29 is 23.8 Å². The van der Waals surface area contributed by atoms with E-state index in [1.54, 1.807) is 18.2 Å². The number of rotatable bonds is 9. The lowest BCUT2D eigenvalue weighted by Crippen LogP contribution is -2.30. The van der Waals surface area contributed by atoms with Crippen LogP contribution in [0.3, 0.4) is 0 Å². The lowest BCUT2D eigenvalue weighted by molar-refractivity contribution is -0.113. The highest BCUT2D eigenvalue weighted by Crippen LogP contribution is 2.38. The van der Waals surface area contributed by atoms with E-state index in [0.29, 0.717) is 22.9 Å². The van der Waals surface area contributed by atoms with Gasteiger partial charge in [-0.2, -0.15) is 0 Å². The molecule has 0 fully saturated rings. The normalized spacial score (nSPS) is 10.8. The van der Waals surface area contributed by atoms with Crippen LogP contribution >= 0.6 is 0 Å². The third kappa shape index (κ3) is 6.32. The Morgan fingerprint density at radius 2 is 1.43 bits per heavy atom. The van der Waals surface area contributed by atoms with Gasteiger partial charge < -0.3 is 29.7 Å². The summed E-state index contributed by atoms with van der Waals surface area (Å²) in [4.78, 5) is 28.3. The molecule has 3 rings (SSSR count). The minimum Gasteiger partial charge on any atom is -0.493 e. The molecule has 0 heterocycles. The zero-order valence-corrected chi connectivity index (χ0v) is 20.4.